The average Bonchev–Trinajstić information content (AvgIpc) is 2.45. The van der Waals surface area contributed by atoms with Crippen LogP contribution in [-0.4, -0.2) is 0 Å². The van der Waals surface area contributed by atoms with Gasteiger partial charge in [-0.25, -0.2) is 0 Å². The van der Waals surface area contributed by atoms with Crippen LogP contribution in [0, 0.1) is 13.8 Å². The Labute approximate surface area is 136 Å². The molecule has 0 atom stereocenters. The molecule has 0 rings (SSSR count). The van der Waals surface area contributed by atoms with Crippen molar-refractivity contribution in [2.75, 3.05) is 0 Å². The van der Waals surface area contributed by atoms with Crippen molar-refractivity contribution in [1.29, 1.82) is 0 Å². The van der Waals surface area contributed by atoms with Gasteiger partial charge in [-0.3, -0.25) is 0 Å². The van der Waals surface area contributed by atoms with Gasteiger partial charge in [0.15, 0.2) is 0 Å². The summed E-state index contributed by atoms with van der Waals surface area (Å²) >= 11 is 0. The summed E-state index contributed by atoms with van der Waals surface area (Å²) in [6.45, 7) is 38.0. The molecule has 0 bridgehead atoms. The summed E-state index contributed by atoms with van der Waals surface area (Å²) in [6, 6.07) is 0. The fourth-order valence-electron chi connectivity index (χ4n) is 0. The summed E-state index contributed by atoms with van der Waals surface area (Å²) in [4.78, 5) is 0. The van der Waals surface area contributed by atoms with Crippen molar-refractivity contribution in [3.63, 3.8) is 0 Å². The molecule has 0 aromatic heterocycles. The van der Waals surface area contributed by atoms with E-state index in [9.17, 15) is 0 Å². The van der Waals surface area contributed by atoms with E-state index in [0.717, 1.165) is 0 Å². The molecule has 0 spiro atoms. The molecule has 102 valence electrons. The minimum Gasteiger partial charge on any atom is -0.346 e. The molecule has 2 heteroatoms. The molecular formula is C14H32W2-2. The van der Waals surface area contributed by atoms with Gasteiger partial charge in [0.2, 0.25) is 0 Å². The zero-order valence-electron chi connectivity index (χ0n) is 11.9. The fraction of sp³-hybridized carbons (Fsp3) is 0.286. The maximum atomic E-state index is 3.25. The summed E-state index contributed by atoms with van der Waals surface area (Å²) in [5.74, 6) is 0. The Kier molecular flexibility index (Phi) is 124000. The van der Waals surface area contributed by atoms with Crippen molar-refractivity contribution in [1.82, 2.24) is 0 Å². The third-order valence-electron chi connectivity index (χ3n) is 0. The van der Waals surface area contributed by atoms with Crippen LogP contribution in [0.5, 0.6) is 0 Å². The van der Waals surface area contributed by atoms with E-state index in [-0.39, 0.29) is 42.1 Å². The van der Waals surface area contributed by atoms with Crippen LogP contribution in [0.4, 0.5) is 0 Å². The summed E-state index contributed by atoms with van der Waals surface area (Å²) in [5.41, 5.74) is 0. The Morgan fingerprint density at radius 3 is 0.438 bits per heavy atom. The van der Waals surface area contributed by atoms with Gasteiger partial charge in [0.25, 0.3) is 0 Å². The molecule has 0 nitrogen and oxygen atoms in total. The van der Waals surface area contributed by atoms with Crippen molar-refractivity contribution < 1.29 is 42.1 Å². The quantitative estimate of drug-likeness (QED) is 0.252. The summed E-state index contributed by atoms with van der Waals surface area (Å²) in [5, 5.41) is 0. The first-order chi connectivity index (χ1) is 7.00. The third-order valence-corrected chi connectivity index (χ3v) is 0. The first kappa shape index (κ1) is 71.4. The Morgan fingerprint density at radius 2 is 0.438 bits per heavy atom. The summed E-state index contributed by atoms with van der Waals surface area (Å²) < 4.78 is 0. The maximum Gasteiger partial charge on any atom is 0 e. The summed E-state index contributed by atoms with van der Waals surface area (Å²) in [6.07, 6.45) is 0. The van der Waals surface area contributed by atoms with Crippen LogP contribution in [0.25, 0.3) is 0 Å². The molecule has 0 saturated heterocycles. The maximum absolute atomic E-state index is 3.25. The molecule has 0 N–H and O–H groups in total. The monoisotopic (exact) mass is 568 g/mol. The molecule has 0 unspecified atom stereocenters. The Hall–Kier alpha value is 0.337. The van der Waals surface area contributed by atoms with Gasteiger partial charge in [-0.05, 0) is 0 Å². The second-order valence-corrected chi connectivity index (χ2v) is 0. The van der Waals surface area contributed by atoms with Crippen LogP contribution in [-0.2, 0) is 42.1 Å². The van der Waals surface area contributed by atoms with Gasteiger partial charge in [0, 0.05) is 42.1 Å². The topological polar surface area (TPSA) is 0 Å². The number of hydrogen-bond donors (Lipinski definition) is 0. The van der Waals surface area contributed by atoms with Gasteiger partial charge in [0.05, 0.1) is 0 Å². The van der Waals surface area contributed by atoms with E-state index in [4.69, 9.17) is 0 Å². The van der Waals surface area contributed by atoms with E-state index in [1.54, 1.807) is 13.8 Å². The van der Waals surface area contributed by atoms with E-state index in [1.807, 2.05) is 13.8 Å². The normalized spacial score (nSPS) is 2.12. The number of rotatable bonds is 0. The van der Waals surface area contributed by atoms with Crippen LogP contribution in [0.3, 0.4) is 0 Å². The molecule has 0 amide bonds. The molecule has 0 fully saturated rings. The van der Waals surface area contributed by atoms with Crippen LogP contribution < -0.4 is 0 Å². The van der Waals surface area contributed by atoms with Crippen molar-refractivity contribution in [3.05, 3.63) is 66.5 Å². The third kappa shape index (κ3) is 22500. The molecule has 0 radical (unpaired) electrons. The molecule has 0 aromatic rings. The van der Waals surface area contributed by atoms with Crippen molar-refractivity contribution in [3.8, 4) is 0 Å². The van der Waals surface area contributed by atoms with Crippen molar-refractivity contribution in [2.45, 2.75) is 27.7 Å². The van der Waals surface area contributed by atoms with Crippen molar-refractivity contribution in [2.24, 2.45) is 0 Å². The van der Waals surface area contributed by atoms with Crippen molar-refractivity contribution >= 4 is 0 Å². The first-order valence-corrected chi connectivity index (χ1v) is 4.41. The van der Waals surface area contributed by atoms with Gasteiger partial charge in [-0.15, -0.1) is 52.6 Å². The predicted molar refractivity (Wildman–Crippen MR) is 78.4 cm³/mol. The van der Waals surface area contributed by atoms with Gasteiger partial charge in [-0.1, -0.05) is 13.8 Å². The van der Waals surface area contributed by atoms with Gasteiger partial charge >= 0.3 is 0 Å². The van der Waals surface area contributed by atoms with Crippen LogP contribution >= 0.6 is 0 Å². The molecular weight excluding hydrogens is 536 g/mol. The van der Waals surface area contributed by atoms with E-state index < -0.39 is 0 Å². The largest absolute Gasteiger partial charge is 0.346 e. The minimum atomic E-state index is 0. The molecule has 0 saturated carbocycles. The Balaban J connectivity index is -0.00000000500. The molecule has 0 aliphatic rings. The van der Waals surface area contributed by atoms with Crippen LogP contribution in [0.2, 0.25) is 0 Å². The molecule has 0 aliphatic heterocycles. The number of hydrogen-bond acceptors (Lipinski definition) is 0. The smallest absolute Gasteiger partial charge is 0 e. The standard InChI is InChI=1S/C2H6.2C2H5.4C2H4.2W/c7*1-2;;/h1-2H3;2*1H2,2H3;4*1-2H2;;/q;2*-1;;;;;;. The van der Waals surface area contributed by atoms with Gasteiger partial charge in [-0.2, -0.15) is 13.8 Å². The zero-order chi connectivity index (χ0) is 14.0. The Morgan fingerprint density at radius 1 is 0.438 bits per heavy atom. The van der Waals surface area contributed by atoms with Crippen LogP contribution in [0.15, 0.2) is 52.6 Å². The average molecular weight is 568 g/mol. The second-order valence-electron chi connectivity index (χ2n) is 0. The zero-order valence-corrected chi connectivity index (χ0v) is 17.8. The first-order valence-electron chi connectivity index (χ1n) is 4.41. The fourth-order valence-corrected chi connectivity index (χ4v) is 0. The summed E-state index contributed by atoms with van der Waals surface area (Å²) in [7, 11) is 0. The SMILES string of the molecule is C=C.C=C.C=C.C=C.CC.[CH2-]C.[CH2-]C.[W].[W]. The molecule has 0 aromatic carbocycles. The van der Waals surface area contributed by atoms with E-state index >= 15 is 0 Å². The molecule has 0 aliphatic carbocycles. The van der Waals surface area contributed by atoms with Crippen LogP contribution in [0.1, 0.15) is 27.7 Å². The minimum absolute atomic E-state index is 0. The molecule has 16 heavy (non-hydrogen) atoms. The molecule has 0 heterocycles. The van der Waals surface area contributed by atoms with E-state index in [2.05, 4.69) is 66.5 Å². The predicted octanol–water partition coefficient (Wildman–Crippen LogP) is 5.91. The van der Waals surface area contributed by atoms with Gasteiger partial charge in [0.1, 0.15) is 0 Å². The second kappa shape index (κ2) is 27800. The van der Waals surface area contributed by atoms with E-state index in [0.29, 0.717) is 0 Å². The van der Waals surface area contributed by atoms with E-state index in [1.165, 1.54) is 0 Å². The Bertz CT molecular complexity index is 16.7. The van der Waals surface area contributed by atoms with Gasteiger partial charge < -0.3 is 13.8 Å².